The third-order valence-electron chi connectivity index (χ3n) is 22.6. The van der Waals surface area contributed by atoms with Crippen molar-refractivity contribution in [2.24, 2.45) is 0 Å². The second-order valence-electron chi connectivity index (χ2n) is 29.2. The molecular formula is C108H72N4. The maximum atomic E-state index is 2.42. The Morgan fingerprint density at radius 3 is 0.598 bits per heavy atom. The number of benzene rings is 18. The van der Waals surface area contributed by atoms with Gasteiger partial charge in [0, 0.05) is 65.8 Å². The molecule has 0 aliphatic heterocycles. The van der Waals surface area contributed by atoms with Crippen LogP contribution in [-0.4, -0.2) is 18.3 Å². The smallest absolute Gasteiger partial charge is 0.0541 e. The van der Waals surface area contributed by atoms with Crippen LogP contribution in [0.3, 0.4) is 0 Å². The van der Waals surface area contributed by atoms with Crippen molar-refractivity contribution in [3.8, 4) is 112 Å². The summed E-state index contributed by atoms with van der Waals surface area (Å²) in [6.45, 7) is 0. The maximum Gasteiger partial charge on any atom is 0.0541 e. The van der Waals surface area contributed by atoms with Gasteiger partial charge >= 0.3 is 0 Å². The molecule has 4 heterocycles. The average molecular weight is 1430 g/mol. The Morgan fingerprint density at radius 2 is 0.295 bits per heavy atom. The van der Waals surface area contributed by atoms with Crippen molar-refractivity contribution < 1.29 is 0 Å². The van der Waals surface area contributed by atoms with Gasteiger partial charge in [-0.15, -0.1) is 0 Å². The normalized spacial score (nSPS) is 11.6. The molecule has 0 atom stereocenters. The fraction of sp³-hybridized carbons (Fsp3) is 0. The molecule has 4 aromatic heterocycles. The number of hydrogen-bond acceptors (Lipinski definition) is 0. The van der Waals surface area contributed by atoms with Crippen molar-refractivity contribution in [2.45, 2.75) is 0 Å². The topological polar surface area (TPSA) is 19.7 Å². The largest absolute Gasteiger partial charge is 0.309 e. The monoisotopic (exact) mass is 1420 g/mol. The third-order valence-corrected chi connectivity index (χ3v) is 22.6. The predicted molar refractivity (Wildman–Crippen MR) is 474 cm³/mol. The molecule has 4 heteroatoms. The lowest BCUT2D eigenvalue weighted by atomic mass is 9.93. The van der Waals surface area contributed by atoms with Crippen LogP contribution in [0.5, 0.6) is 0 Å². The van der Waals surface area contributed by atoms with Crippen molar-refractivity contribution in [2.75, 3.05) is 0 Å². The number of hydrogen-bond donors (Lipinski definition) is 0. The lowest BCUT2D eigenvalue weighted by Gasteiger charge is -2.14. The van der Waals surface area contributed by atoms with E-state index >= 15 is 0 Å². The van der Waals surface area contributed by atoms with Crippen molar-refractivity contribution in [1.82, 2.24) is 18.3 Å². The Kier molecular flexibility index (Phi) is 16.2. The number of fused-ring (bicyclic) bond motifs is 12. The van der Waals surface area contributed by atoms with Gasteiger partial charge in [0.25, 0.3) is 0 Å². The standard InChI is InChI=1S/2C54H36N2/c1-4-15-37(16-5-1)42-31-43(38-17-6-2-7-18-38)33-44(32-42)39-19-14-22-46(34-39)56-52-26-13-11-24-48(52)50-36-41(28-30-54(50)56)40-27-29-53-49(35-40)47-23-10-12-25-51(47)55(53)45-20-8-3-9-21-45;1-4-14-37(15-5-1)42-32-43(38-16-6-2-7-17-38)34-44(33-42)39-24-28-46(29-25-39)56-52-23-13-11-21-48(52)50-36-41(27-31-54(50)56)40-26-30-53-49(35-40)47-20-10-12-22-51(47)55(53)45-18-8-3-9-19-45/h2*1-36H. The van der Waals surface area contributed by atoms with Gasteiger partial charge in [-0.25, -0.2) is 0 Å². The highest BCUT2D eigenvalue weighted by Gasteiger charge is 2.21. The van der Waals surface area contributed by atoms with E-state index in [9.17, 15) is 0 Å². The van der Waals surface area contributed by atoms with E-state index < -0.39 is 0 Å². The van der Waals surface area contributed by atoms with Gasteiger partial charge in [0.2, 0.25) is 0 Å². The summed E-state index contributed by atoms with van der Waals surface area (Å²) >= 11 is 0. The van der Waals surface area contributed by atoms with Crippen LogP contribution in [-0.2, 0) is 0 Å². The summed E-state index contributed by atoms with van der Waals surface area (Å²) in [4.78, 5) is 0. The second kappa shape index (κ2) is 27.7. The molecule has 0 saturated carbocycles. The van der Waals surface area contributed by atoms with Gasteiger partial charge in [-0.2, -0.15) is 0 Å². The fourth-order valence-electron chi connectivity index (χ4n) is 17.3. The van der Waals surface area contributed by atoms with Gasteiger partial charge in [0.05, 0.1) is 44.1 Å². The Bertz CT molecular complexity index is 7200. The summed E-state index contributed by atoms with van der Waals surface area (Å²) in [5.41, 5.74) is 33.6. The van der Waals surface area contributed by atoms with Crippen LogP contribution < -0.4 is 0 Å². The number of aromatic nitrogens is 4. The molecule has 0 aliphatic rings. The first-order chi connectivity index (χ1) is 55.5. The summed E-state index contributed by atoms with van der Waals surface area (Å²) in [6.07, 6.45) is 0. The Balaban J connectivity index is 0.000000141. The molecule has 22 aromatic rings. The van der Waals surface area contributed by atoms with E-state index in [1.165, 1.54) is 188 Å². The summed E-state index contributed by atoms with van der Waals surface area (Å²) in [7, 11) is 0. The maximum absolute atomic E-state index is 2.42. The Morgan fingerprint density at radius 1 is 0.0982 bits per heavy atom. The molecule has 18 aromatic carbocycles. The molecule has 0 fully saturated rings. The summed E-state index contributed by atoms with van der Waals surface area (Å²) in [5.74, 6) is 0. The van der Waals surface area contributed by atoms with Crippen LogP contribution in [0.2, 0.25) is 0 Å². The van der Waals surface area contributed by atoms with E-state index in [1.54, 1.807) is 0 Å². The highest BCUT2D eigenvalue weighted by Crippen LogP contribution is 2.44. The predicted octanol–water partition coefficient (Wildman–Crippen LogP) is 29.1. The highest BCUT2D eigenvalue weighted by molar-refractivity contribution is 6.15. The van der Waals surface area contributed by atoms with Crippen LogP contribution in [0.25, 0.3) is 199 Å². The zero-order valence-electron chi connectivity index (χ0n) is 61.4. The van der Waals surface area contributed by atoms with Gasteiger partial charge in [-0.1, -0.05) is 279 Å². The van der Waals surface area contributed by atoms with Crippen molar-refractivity contribution in [3.05, 3.63) is 437 Å². The average Bonchev–Trinajstić information content (AvgIpc) is 1.64. The van der Waals surface area contributed by atoms with Crippen molar-refractivity contribution in [3.63, 3.8) is 0 Å². The molecule has 0 aliphatic carbocycles. The van der Waals surface area contributed by atoms with Crippen LogP contribution in [0, 0.1) is 0 Å². The zero-order valence-corrected chi connectivity index (χ0v) is 61.4. The molecule has 0 bridgehead atoms. The van der Waals surface area contributed by atoms with Gasteiger partial charge in [-0.3, -0.25) is 0 Å². The van der Waals surface area contributed by atoms with Crippen LogP contribution >= 0.6 is 0 Å². The second-order valence-corrected chi connectivity index (χ2v) is 29.2. The van der Waals surface area contributed by atoms with Crippen LogP contribution in [0.4, 0.5) is 0 Å². The fourth-order valence-corrected chi connectivity index (χ4v) is 17.3. The first kappa shape index (κ1) is 65.5. The molecule has 112 heavy (non-hydrogen) atoms. The molecule has 0 saturated heterocycles. The van der Waals surface area contributed by atoms with E-state index in [2.05, 4.69) is 455 Å². The molecule has 524 valence electrons. The number of rotatable bonds is 12. The minimum atomic E-state index is 1.14. The van der Waals surface area contributed by atoms with Crippen LogP contribution in [0.15, 0.2) is 437 Å². The zero-order chi connectivity index (χ0) is 74.0. The Labute approximate surface area is 649 Å². The van der Waals surface area contributed by atoms with E-state index in [-0.39, 0.29) is 0 Å². The quantitative estimate of drug-likeness (QED) is 0.116. The number of para-hydroxylation sites is 6. The lowest BCUT2D eigenvalue weighted by molar-refractivity contribution is 1.18. The molecule has 0 spiro atoms. The lowest BCUT2D eigenvalue weighted by Crippen LogP contribution is -1.94. The Hall–Kier alpha value is -14.8. The molecule has 0 N–H and O–H groups in total. The minimum Gasteiger partial charge on any atom is -0.309 e. The molecular weight excluding hydrogens is 1350 g/mol. The van der Waals surface area contributed by atoms with Crippen molar-refractivity contribution in [1.29, 1.82) is 0 Å². The van der Waals surface area contributed by atoms with Gasteiger partial charge in [0.15, 0.2) is 0 Å². The molecule has 22 rings (SSSR count). The van der Waals surface area contributed by atoms with E-state index in [4.69, 9.17) is 0 Å². The summed E-state index contributed by atoms with van der Waals surface area (Å²) in [5, 5.41) is 10.0. The van der Waals surface area contributed by atoms with E-state index in [0.717, 1.165) is 11.4 Å². The SMILES string of the molecule is c1ccc(-c2cc(-c3ccccc3)cc(-c3ccc(-n4c5ccccc5c5cc(-c6ccc7c(c6)c6ccccc6n7-c6ccccc6)ccc54)cc3)c2)cc1.c1ccc(-c2cc(-c3ccccc3)cc(-c3cccc(-n4c5ccccc5c5cc(-c6ccc7c(c6)c6ccccc6n7-c6ccccc6)ccc54)c3)c2)cc1. The first-order valence-corrected chi connectivity index (χ1v) is 38.5. The molecule has 0 unspecified atom stereocenters. The van der Waals surface area contributed by atoms with E-state index in [1.807, 2.05) is 0 Å². The molecule has 0 amide bonds. The highest BCUT2D eigenvalue weighted by atomic mass is 15.0. The van der Waals surface area contributed by atoms with E-state index in [0.29, 0.717) is 0 Å². The third kappa shape index (κ3) is 11.6. The van der Waals surface area contributed by atoms with Crippen LogP contribution in [0.1, 0.15) is 0 Å². The first-order valence-electron chi connectivity index (χ1n) is 38.5. The molecule has 0 radical (unpaired) electrons. The summed E-state index contributed by atoms with van der Waals surface area (Å²) < 4.78 is 9.58. The van der Waals surface area contributed by atoms with Gasteiger partial charge < -0.3 is 18.3 Å². The minimum absolute atomic E-state index is 1.14. The van der Waals surface area contributed by atoms with Gasteiger partial charge in [-0.05, 0) is 247 Å². The number of nitrogens with zero attached hydrogens (tertiary/aromatic N) is 4. The summed E-state index contributed by atoms with van der Waals surface area (Å²) in [6, 6.07) is 159. The molecule has 4 nitrogen and oxygen atoms in total. The van der Waals surface area contributed by atoms with Gasteiger partial charge in [0.1, 0.15) is 0 Å². The van der Waals surface area contributed by atoms with Crippen molar-refractivity contribution >= 4 is 87.2 Å².